The van der Waals surface area contributed by atoms with Crippen LogP contribution in [-0.2, 0) is 77.9 Å². The lowest BCUT2D eigenvalue weighted by atomic mass is 10.0. The molecule has 0 aromatic heterocycles. The number of nitrogens with zero attached hydrogens (tertiary/aromatic N) is 2. The average molecular weight is 1010 g/mol. The lowest BCUT2D eigenvalue weighted by Gasteiger charge is -2.19. The van der Waals surface area contributed by atoms with E-state index >= 15 is 0 Å². The molecular formula is C32H44N8O19S5. The Morgan fingerprint density at radius 2 is 1.31 bits per heavy atom. The van der Waals surface area contributed by atoms with E-state index in [1.54, 1.807) is 11.8 Å². The molecule has 32 heteroatoms. The lowest BCUT2D eigenvalue weighted by Crippen LogP contribution is -2.55. The highest BCUT2D eigenvalue weighted by molar-refractivity contribution is 8.76. The van der Waals surface area contributed by atoms with E-state index in [1.165, 1.54) is 0 Å². The summed E-state index contributed by atoms with van der Waals surface area (Å²) in [5.74, 6) is -12.5. The van der Waals surface area contributed by atoms with Crippen LogP contribution in [0.25, 0.3) is 0 Å². The smallest absolute Gasteiger partial charge is 0.334 e. The molecule has 4 heterocycles. The zero-order valence-electron chi connectivity index (χ0n) is 36.9. The van der Waals surface area contributed by atoms with Crippen LogP contribution in [-0.4, -0.2) is 172 Å². The number of imide groups is 2. The van der Waals surface area contributed by atoms with Crippen molar-refractivity contribution in [2.45, 2.75) is 91.7 Å². The molecule has 0 aromatic rings. The molecule has 2 unspecified atom stereocenters. The first-order chi connectivity index (χ1) is 31.5. The number of unbranched alkanes of at least 4 members (excludes halogenated alkanes) is 1. The molecule has 5 atom stereocenters. The second-order valence-electron chi connectivity index (χ2n) is 13.8. The molecule has 4 rings (SSSR count). The van der Waals surface area contributed by atoms with Gasteiger partial charge in [-0.1, -0.05) is 28.0 Å². The summed E-state index contributed by atoms with van der Waals surface area (Å²) in [5.41, 5.74) is -2.77. The molecule has 10 amide bonds. The van der Waals surface area contributed by atoms with Crippen LogP contribution < -0.4 is 31.9 Å². The van der Waals surface area contributed by atoms with E-state index in [9.17, 15) is 69.6 Å². The van der Waals surface area contributed by atoms with Crippen LogP contribution in [0, 0.1) is 0 Å². The fourth-order valence-electron chi connectivity index (χ4n) is 6.04. The summed E-state index contributed by atoms with van der Waals surface area (Å²) >= 11 is 1.69. The topological polar surface area (TPSA) is 394 Å². The molecule has 0 aliphatic carbocycles. The molecule has 0 spiro atoms. The number of urea groups is 1. The van der Waals surface area contributed by atoms with E-state index in [4.69, 9.17) is 14.6 Å². The maximum absolute atomic E-state index is 13.1. The first kappa shape index (κ1) is 45.8. The summed E-state index contributed by atoms with van der Waals surface area (Å²) < 4.78 is 96.4. The number of thioether (sulfide) groups is 1. The Balaban J connectivity index is 1.26. The van der Waals surface area contributed by atoms with Crippen molar-refractivity contribution in [3.8, 4) is 0 Å². The number of amides is 10. The van der Waals surface area contributed by atoms with E-state index in [1.807, 2.05) is 5.32 Å². The minimum atomic E-state index is -5.04. The van der Waals surface area contributed by atoms with Crippen molar-refractivity contribution in [1.29, 1.82) is 0 Å². The van der Waals surface area contributed by atoms with E-state index in [2.05, 4.69) is 36.3 Å². The quantitative estimate of drug-likeness (QED) is 0.0108. The summed E-state index contributed by atoms with van der Waals surface area (Å²) in [6, 6.07) is -2.41. The lowest BCUT2D eigenvalue weighted by molar-refractivity contribution is -0.197. The summed E-state index contributed by atoms with van der Waals surface area (Å²) in [6.45, 7) is -4.34. The van der Waals surface area contributed by atoms with Gasteiger partial charge in [-0.3, -0.25) is 47.5 Å². The van der Waals surface area contributed by atoms with E-state index < -0.39 is 153 Å². The molecule has 4 aliphatic rings. The summed E-state index contributed by atoms with van der Waals surface area (Å²) in [4.78, 5) is 145. The maximum atomic E-state index is 13.1. The van der Waals surface area contributed by atoms with Crippen molar-refractivity contribution in [2.24, 2.45) is 0 Å². The van der Waals surface area contributed by atoms with Gasteiger partial charge in [-0.15, -0.1) is 10.1 Å². The van der Waals surface area contributed by atoms with Gasteiger partial charge in [-0.2, -0.15) is 28.6 Å². The Morgan fingerprint density at radius 3 is 1.83 bits per heavy atom. The summed E-state index contributed by atoms with van der Waals surface area (Å²) in [5, 5.41) is 9.21. The van der Waals surface area contributed by atoms with Crippen LogP contribution in [0.15, 0.2) is 0 Å². The van der Waals surface area contributed by atoms with Gasteiger partial charge in [-0.05, 0) is 12.8 Å². The fraction of sp³-hybridized carbons (Fsp3) is 0.656. The Hall–Kier alpha value is -4.76. The summed E-state index contributed by atoms with van der Waals surface area (Å²) in [6.07, 6.45) is -2.78. The molecule has 0 aromatic carbocycles. The van der Waals surface area contributed by atoms with Gasteiger partial charge in [0.1, 0.15) is 0 Å². The SMILES string of the molecule is [2H]C([2H])(NC(=O)CCCC[C@@H]1SC[C@@H]2NC(=O)N[C@@H]21)C([2H])([2H])SSCCC(=O)NC(C(=O)NCCC(=O)ON1C(=O)CC(S(=O)(=O)O)C1=O)C(=O)NCCC(=O)ON1C(=O)CC(S(=O)(=O)O)C1=O. The molecule has 0 radical (unpaired) electrons. The Bertz CT molecular complexity index is 2200. The number of hydrogen-bond acceptors (Lipinski definition) is 20. The minimum absolute atomic E-state index is 0.0274. The number of carbonyl (C=O) groups is 11. The largest absolute Gasteiger partial charge is 0.355 e. The van der Waals surface area contributed by atoms with E-state index in [0.29, 0.717) is 40.9 Å². The Morgan fingerprint density at radius 1 is 0.766 bits per heavy atom. The normalized spacial score (nSPS) is 23.7. The monoisotopic (exact) mass is 1010 g/mol. The van der Waals surface area contributed by atoms with Crippen LogP contribution in [0.5, 0.6) is 0 Å². The zero-order valence-corrected chi connectivity index (χ0v) is 37.0. The molecular weight excluding hydrogens is 961 g/mol. The van der Waals surface area contributed by atoms with Crippen molar-refractivity contribution in [1.82, 2.24) is 42.0 Å². The fourth-order valence-corrected chi connectivity index (χ4v) is 10.3. The van der Waals surface area contributed by atoms with Crippen molar-refractivity contribution < 1.29 is 93.8 Å². The predicted octanol–water partition coefficient (Wildman–Crippen LogP) is -3.96. The highest BCUT2D eigenvalue weighted by atomic mass is 33.1. The number of nitrogens with one attached hydrogen (secondary N) is 6. The van der Waals surface area contributed by atoms with Crippen molar-refractivity contribution in [3.05, 3.63) is 0 Å². The third-order valence-electron chi connectivity index (χ3n) is 9.16. The molecule has 0 bridgehead atoms. The van der Waals surface area contributed by atoms with Crippen LogP contribution in [0.3, 0.4) is 0 Å². The average Bonchev–Trinajstić information content (AvgIpc) is 3.95. The van der Waals surface area contributed by atoms with Crippen LogP contribution in [0.2, 0.25) is 0 Å². The van der Waals surface area contributed by atoms with Crippen LogP contribution >= 0.6 is 33.3 Å². The molecule has 356 valence electrons. The molecule has 4 saturated heterocycles. The van der Waals surface area contributed by atoms with Gasteiger partial charge in [0, 0.05) is 57.6 Å². The van der Waals surface area contributed by atoms with Crippen LogP contribution in [0.4, 0.5) is 4.79 Å². The molecule has 27 nitrogen and oxygen atoms in total. The van der Waals surface area contributed by atoms with E-state index in [-0.39, 0.29) is 45.7 Å². The van der Waals surface area contributed by atoms with Crippen molar-refractivity contribution >= 4 is 119 Å². The number of fused-ring (bicyclic) bond motifs is 1. The first-order valence-electron chi connectivity index (χ1n) is 20.7. The van der Waals surface area contributed by atoms with Crippen molar-refractivity contribution in [3.63, 3.8) is 0 Å². The standard InChI is InChI=1S/C32H44N8O19S5/c41-20(4-2-1-3-17-26-16(15-60-17)36-32(51)38-26)33-10-12-62-61-11-7-21(42)37-27(28(47)34-8-5-24(45)58-39-22(43)13-18(30(39)49)63(52,53)54)29(48)35-9-6-25(46)59-40-23(44)14-19(31(40)50)64(55,56)57/h16-19,26-27H,1-15H2,(H,33,41)(H,34,47)(H,35,48)(H,37,42)(H2,36,38,51)(H,52,53,54)(H,55,56,57)/t16-,17-,18?,19?,26-,27?/m0/s1/i10D2,12D2. The predicted molar refractivity (Wildman–Crippen MR) is 219 cm³/mol. The van der Waals surface area contributed by atoms with Gasteiger partial charge in [0.05, 0.1) is 40.5 Å². The number of carbonyl (C=O) groups excluding carboxylic acids is 11. The molecule has 4 aliphatic heterocycles. The maximum Gasteiger partial charge on any atom is 0.334 e. The van der Waals surface area contributed by atoms with Gasteiger partial charge in [0.25, 0.3) is 55.7 Å². The third kappa shape index (κ3) is 15.2. The first-order valence-corrected chi connectivity index (χ1v) is 25.1. The Labute approximate surface area is 381 Å². The number of hydrogen-bond donors (Lipinski definition) is 8. The second kappa shape index (κ2) is 23.4. The molecule has 0 saturated carbocycles. The highest BCUT2D eigenvalue weighted by Crippen LogP contribution is 2.33. The van der Waals surface area contributed by atoms with Gasteiger partial charge in [-0.25, -0.2) is 14.4 Å². The molecule has 4 fully saturated rings. The van der Waals surface area contributed by atoms with Gasteiger partial charge in [0.2, 0.25) is 11.8 Å². The van der Waals surface area contributed by atoms with Gasteiger partial charge >= 0.3 is 18.0 Å². The van der Waals surface area contributed by atoms with Gasteiger partial charge in [0.15, 0.2) is 16.5 Å². The molecule has 8 N–H and O–H groups in total. The molecule has 64 heavy (non-hydrogen) atoms. The Kier molecular flexibility index (Phi) is 16.8. The highest BCUT2D eigenvalue weighted by Gasteiger charge is 2.49. The number of hydroxylamine groups is 4. The summed E-state index contributed by atoms with van der Waals surface area (Å²) in [7, 11) is -9.12. The van der Waals surface area contributed by atoms with Crippen molar-refractivity contribution in [2.75, 3.05) is 36.8 Å². The van der Waals surface area contributed by atoms with Crippen LogP contribution in [0.1, 0.15) is 63.3 Å². The van der Waals surface area contributed by atoms with Gasteiger partial charge < -0.3 is 41.6 Å². The van der Waals surface area contributed by atoms with E-state index in [0.717, 1.165) is 5.75 Å². The third-order valence-corrected chi connectivity index (χ3v) is 14.6. The minimum Gasteiger partial charge on any atom is -0.355 e. The zero-order chi connectivity index (χ0) is 50.9. The number of rotatable bonds is 25. The second-order valence-corrected chi connectivity index (χ2v) is 20.5.